The summed E-state index contributed by atoms with van der Waals surface area (Å²) in [6.45, 7) is 3.17. The van der Waals surface area contributed by atoms with E-state index in [0.29, 0.717) is 0 Å². The molecule has 0 amide bonds. The molecule has 9 heteroatoms. The quantitative estimate of drug-likeness (QED) is 0.702. The third-order valence-corrected chi connectivity index (χ3v) is 3.50. The number of nitrogens with zero attached hydrogens (tertiary/aromatic N) is 3. The monoisotopic (exact) mass is 340 g/mol. The maximum atomic E-state index is 10.8. The maximum absolute atomic E-state index is 10.8. The molecule has 24 heavy (non-hydrogen) atoms. The van der Waals surface area contributed by atoms with E-state index in [-0.39, 0.29) is 41.1 Å². The molecule has 0 bridgehead atoms. The standard InChI is InChI=1S/C15H16N4O4.Na.H/c20-13-12(14(21)22)9-16-15(18-13)17-10-1-3-11(4-2-10)19-5-7-23-8-6-19;;/h1-4,9H,5-8H2,(H,21,22)(H2,16,17,18,20);;. The molecule has 8 nitrogen and oxygen atoms in total. The Kier molecular flexibility index (Phi) is 6.38. The number of anilines is 3. The van der Waals surface area contributed by atoms with Crippen molar-refractivity contribution < 1.29 is 19.7 Å². The number of hydrogen-bond donors (Lipinski definition) is 3. The van der Waals surface area contributed by atoms with E-state index < -0.39 is 11.8 Å². The molecule has 0 unspecified atom stereocenters. The number of carbonyl (C=O) groups is 1. The molecule has 3 rings (SSSR count). The number of ether oxygens (including phenoxy) is 1. The summed E-state index contributed by atoms with van der Waals surface area (Å²) in [5.74, 6) is -1.71. The zero-order valence-electron chi connectivity index (χ0n) is 12.3. The van der Waals surface area contributed by atoms with Crippen LogP contribution in [0.5, 0.6) is 5.88 Å². The summed E-state index contributed by atoms with van der Waals surface area (Å²) in [5.41, 5.74) is 1.51. The number of rotatable bonds is 4. The predicted octanol–water partition coefficient (Wildman–Crippen LogP) is 0.812. The van der Waals surface area contributed by atoms with Crippen molar-refractivity contribution in [3.63, 3.8) is 0 Å². The molecular weight excluding hydrogens is 323 g/mol. The van der Waals surface area contributed by atoms with Gasteiger partial charge in [0.15, 0.2) is 0 Å². The van der Waals surface area contributed by atoms with E-state index in [4.69, 9.17) is 9.84 Å². The molecule has 0 spiro atoms. The molecule has 1 fully saturated rings. The molecule has 0 saturated carbocycles. The second kappa shape index (κ2) is 8.29. The average Bonchev–Trinajstić information content (AvgIpc) is 2.56. The van der Waals surface area contributed by atoms with Crippen molar-refractivity contribution in [2.24, 2.45) is 0 Å². The summed E-state index contributed by atoms with van der Waals surface area (Å²) in [6.07, 6.45) is 1.06. The molecule has 0 radical (unpaired) electrons. The van der Waals surface area contributed by atoms with Crippen LogP contribution in [-0.2, 0) is 4.74 Å². The number of benzene rings is 1. The van der Waals surface area contributed by atoms with E-state index in [2.05, 4.69) is 20.2 Å². The van der Waals surface area contributed by atoms with E-state index in [1.54, 1.807) is 0 Å². The molecule has 1 aliphatic rings. The number of hydrogen-bond acceptors (Lipinski definition) is 7. The zero-order chi connectivity index (χ0) is 16.2. The topological polar surface area (TPSA) is 108 Å². The summed E-state index contributed by atoms with van der Waals surface area (Å²) in [4.78, 5) is 20.6. The molecule has 3 N–H and O–H groups in total. The summed E-state index contributed by atoms with van der Waals surface area (Å²) in [6, 6.07) is 7.69. The molecule has 0 atom stereocenters. The Balaban J connectivity index is 0.00000208. The Morgan fingerprint density at radius 1 is 1.21 bits per heavy atom. The van der Waals surface area contributed by atoms with Crippen LogP contribution < -0.4 is 10.2 Å². The Bertz CT molecular complexity index is 705. The van der Waals surface area contributed by atoms with Gasteiger partial charge in [-0.15, -0.1) is 0 Å². The number of aromatic nitrogens is 2. The van der Waals surface area contributed by atoms with E-state index >= 15 is 0 Å². The first-order valence-corrected chi connectivity index (χ1v) is 7.12. The summed E-state index contributed by atoms with van der Waals surface area (Å²) in [7, 11) is 0. The van der Waals surface area contributed by atoms with Gasteiger partial charge in [0.2, 0.25) is 11.8 Å². The first-order chi connectivity index (χ1) is 11.1. The second-order valence-corrected chi connectivity index (χ2v) is 5.01. The fourth-order valence-corrected chi connectivity index (χ4v) is 2.29. The van der Waals surface area contributed by atoms with Crippen molar-refractivity contribution in [1.29, 1.82) is 0 Å². The Morgan fingerprint density at radius 2 is 1.88 bits per heavy atom. The Hall–Kier alpha value is -1.87. The van der Waals surface area contributed by atoms with Crippen LogP contribution in [0.4, 0.5) is 17.3 Å². The van der Waals surface area contributed by atoms with Crippen molar-refractivity contribution in [1.82, 2.24) is 9.97 Å². The molecule has 1 aliphatic heterocycles. The van der Waals surface area contributed by atoms with E-state index in [9.17, 15) is 9.90 Å². The van der Waals surface area contributed by atoms with Gasteiger partial charge in [0.1, 0.15) is 5.56 Å². The van der Waals surface area contributed by atoms with Crippen LogP contribution >= 0.6 is 0 Å². The van der Waals surface area contributed by atoms with Crippen LogP contribution in [0, 0.1) is 0 Å². The van der Waals surface area contributed by atoms with Gasteiger partial charge in [0.05, 0.1) is 19.4 Å². The van der Waals surface area contributed by atoms with Crippen LogP contribution in [0.2, 0.25) is 0 Å². The first kappa shape index (κ1) is 18.5. The van der Waals surface area contributed by atoms with Crippen molar-refractivity contribution in [2.45, 2.75) is 0 Å². The van der Waals surface area contributed by atoms with Crippen LogP contribution in [0.1, 0.15) is 10.4 Å². The van der Waals surface area contributed by atoms with Crippen LogP contribution in [0.3, 0.4) is 0 Å². The first-order valence-electron chi connectivity index (χ1n) is 7.12. The molecule has 0 aliphatic carbocycles. The number of aromatic carboxylic acids is 1. The van der Waals surface area contributed by atoms with Crippen LogP contribution in [0.25, 0.3) is 0 Å². The predicted molar refractivity (Wildman–Crippen MR) is 90.6 cm³/mol. The van der Waals surface area contributed by atoms with Crippen molar-refractivity contribution in [2.75, 3.05) is 36.5 Å². The van der Waals surface area contributed by atoms with Gasteiger partial charge in [-0.05, 0) is 24.3 Å². The Labute approximate surface area is 160 Å². The number of carboxylic acid groups (broad SMARTS) is 1. The SMILES string of the molecule is O=C(O)c1cnc(Nc2ccc(N3CCOCC3)cc2)nc1O.[NaH]. The van der Waals surface area contributed by atoms with Crippen molar-refractivity contribution in [3.05, 3.63) is 36.0 Å². The number of nitrogens with one attached hydrogen (secondary N) is 1. The third kappa shape index (κ3) is 4.35. The molecule has 1 aromatic heterocycles. The van der Waals surface area contributed by atoms with Gasteiger partial charge in [-0.3, -0.25) is 0 Å². The van der Waals surface area contributed by atoms with E-state index in [0.717, 1.165) is 43.9 Å². The van der Waals surface area contributed by atoms with E-state index in [1.807, 2.05) is 24.3 Å². The van der Waals surface area contributed by atoms with Gasteiger partial charge in [-0.2, -0.15) is 4.98 Å². The number of morpholine rings is 1. The second-order valence-electron chi connectivity index (χ2n) is 5.01. The summed E-state index contributed by atoms with van der Waals surface area (Å²) < 4.78 is 5.33. The third-order valence-electron chi connectivity index (χ3n) is 3.50. The number of carboxylic acids is 1. The van der Waals surface area contributed by atoms with Gasteiger partial charge < -0.3 is 25.2 Å². The zero-order valence-corrected chi connectivity index (χ0v) is 12.3. The molecule has 1 aromatic carbocycles. The molecule has 1 saturated heterocycles. The molecule has 2 heterocycles. The molecular formula is C15H17N4NaO4. The minimum atomic E-state index is -1.27. The fourth-order valence-electron chi connectivity index (χ4n) is 2.29. The van der Waals surface area contributed by atoms with Gasteiger partial charge in [0.25, 0.3) is 0 Å². The number of aromatic hydroxyl groups is 1. The molecule has 2 aromatic rings. The molecule has 122 valence electrons. The fraction of sp³-hybridized carbons (Fsp3) is 0.267. The summed E-state index contributed by atoms with van der Waals surface area (Å²) >= 11 is 0. The van der Waals surface area contributed by atoms with Gasteiger partial charge in [-0.1, -0.05) is 0 Å². The summed E-state index contributed by atoms with van der Waals surface area (Å²) in [5, 5.41) is 21.3. The Morgan fingerprint density at radius 3 is 2.46 bits per heavy atom. The van der Waals surface area contributed by atoms with E-state index in [1.165, 1.54) is 0 Å². The normalized spacial score (nSPS) is 13.9. The van der Waals surface area contributed by atoms with Crippen molar-refractivity contribution >= 4 is 52.8 Å². The van der Waals surface area contributed by atoms with Crippen LogP contribution in [-0.4, -0.2) is 82.0 Å². The average molecular weight is 340 g/mol. The van der Waals surface area contributed by atoms with Crippen molar-refractivity contribution in [3.8, 4) is 5.88 Å². The minimum absolute atomic E-state index is 0. The van der Waals surface area contributed by atoms with Gasteiger partial charge in [0, 0.05) is 24.5 Å². The van der Waals surface area contributed by atoms with Gasteiger partial charge >= 0.3 is 35.5 Å². The van der Waals surface area contributed by atoms with Crippen LogP contribution in [0.15, 0.2) is 30.5 Å². The van der Waals surface area contributed by atoms with Gasteiger partial charge in [-0.25, -0.2) is 9.78 Å².